The zero-order valence-corrected chi connectivity index (χ0v) is 17.6. The third-order valence-electron chi connectivity index (χ3n) is 5.31. The van der Waals surface area contributed by atoms with E-state index in [-0.39, 0.29) is 6.03 Å². The molecule has 6 nitrogen and oxygen atoms in total. The predicted molar refractivity (Wildman–Crippen MR) is 115 cm³/mol. The van der Waals surface area contributed by atoms with Crippen LogP contribution in [0.4, 0.5) is 16.3 Å². The van der Waals surface area contributed by atoms with Crippen LogP contribution < -0.4 is 10.6 Å². The minimum atomic E-state index is -0.321. The molecule has 152 valence electrons. The quantitative estimate of drug-likeness (QED) is 0.692. The van der Waals surface area contributed by atoms with Crippen molar-refractivity contribution < 1.29 is 4.79 Å². The van der Waals surface area contributed by atoms with Crippen molar-refractivity contribution in [1.29, 1.82) is 0 Å². The largest absolute Gasteiger partial charge is 0.324 e. The van der Waals surface area contributed by atoms with Crippen LogP contribution in [0.1, 0.15) is 46.1 Å². The van der Waals surface area contributed by atoms with Gasteiger partial charge < -0.3 is 10.2 Å². The number of anilines is 2. The van der Waals surface area contributed by atoms with Crippen LogP contribution in [0.3, 0.4) is 0 Å². The van der Waals surface area contributed by atoms with Crippen molar-refractivity contribution in [2.75, 3.05) is 23.7 Å². The Bertz CT molecular complexity index is 783. The minimum absolute atomic E-state index is 0.299. The molecule has 3 rings (SSSR count). The molecule has 2 aromatic rings. The van der Waals surface area contributed by atoms with Crippen LogP contribution in [0.25, 0.3) is 0 Å². The number of amides is 2. The normalized spacial score (nSPS) is 16.9. The van der Waals surface area contributed by atoms with Gasteiger partial charge in [-0.2, -0.15) is 5.10 Å². The van der Waals surface area contributed by atoms with Gasteiger partial charge in [0, 0.05) is 25.2 Å². The lowest BCUT2D eigenvalue weighted by Crippen LogP contribution is -2.41. The molecule has 0 unspecified atom stereocenters. The number of benzene rings is 1. The third-order valence-corrected chi connectivity index (χ3v) is 5.64. The molecule has 0 spiro atoms. The van der Waals surface area contributed by atoms with Gasteiger partial charge in [-0.1, -0.05) is 37.6 Å². The number of hydrogen-bond acceptors (Lipinski definition) is 3. The van der Waals surface area contributed by atoms with E-state index < -0.39 is 0 Å². The van der Waals surface area contributed by atoms with Crippen molar-refractivity contribution >= 4 is 29.1 Å². The molecule has 1 aromatic heterocycles. The summed E-state index contributed by atoms with van der Waals surface area (Å²) in [6.45, 7) is 8.99. The zero-order valence-electron chi connectivity index (χ0n) is 16.9. The van der Waals surface area contributed by atoms with E-state index in [1.807, 2.05) is 22.9 Å². The summed E-state index contributed by atoms with van der Waals surface area (Å²) in [5.41, 5.74) is 0.584. The Balaban J connectivity index is 1.57. The zero-order chi connectivity index (χ0) is 20.1. The number of halogens is 1. The van der Waals surface area contributed by atoms with Crippen molar-refractivity contribution in [1.82, 2.24) is 14.7 Å². The maximum absolute atomic E-state index is 12.4. The van der Waals surface area contributed by atoms with Gasteiger partial charge in [0.2, 0.25) is 0 Å². The molecule has 7 heteroatoms. The average molecular weight is 404 g/mol. The molecule has 2 amide bonds. The number of likely N-dealkylation sites (tertiary alicyclic amines) is 1. The van der Waals surface area contributed by atoms with Gasteiger partial charge in [0.05, 0.1) is 22.9 Å². The molecule has 0 aliphatic carbocycles. The smallest absolute Gasteiger partial charge is 0.306 e. The summed E-state index contributed by atoms with van der Waals surface area (Å²) in [6, 6.07) is 9.60. The molecule has 2 N–H and O–H groups in total. The highest BCUT2D eigenvalue weighted by molar-refractivity contribution is 6.33. The third kappa shape index (κ3) is 5.26. The minimum Gasteiger partial charge on any atom is -0.306 e. The number of piperidine rings is 1. The Labute approximate surface area is 172 Å². The maximum atomic E-state index is 12.4. The summed E-state index contributed by atoms with van der Waals surface area (Å²) in [5, 5.41) is 10.7. The Morgan fingerprint density at radius 2 is 1.89 bits per heavy atom. The molecule has 0 saturated carbocycles. The number of rotatable bonds is 6. The number of carbonyl (C=O) groups excluding carboxylic acids is 1. The first kappa shape index (κ1) is 20.7. The van der Waals surface area contributed by atoms with E-state index in [4.69, 9.17) is 11.6 Å². The van der Waals surface area contributed by atoms with Crippen LogP contribution in [0, 0.1) is 5.92 Å². The summed E-state index contributed by atoms with van der Waals surface area (Å²) in [4.78, 5) is 14.9. The van der Waals surface area contributed by atoms with Crippen molar-refractivity contribution in [2.45, 2.75) is 52.1 Å². The van der Waals surface area contributed by atoms with Crippen molar-refractivity contribution in [3.63, 3.8) is 0 Å². The topological polar surface area (TPSA) is 62.2 Å². The van der Waals surface area contributed by atoms with E-state index in [1.54, 1.807) is 18.3 Å². The van der Waals surface area contributed by atoms with Gasteiger partial charge in [-0.15, -0.1) is 0 Å². The number of carbonyl (C=O) groups is 1. The molecule has 0 radical (unpaired) electrons. The van der Waals surface area contributed by atoms with Gasteiger partial charge in [0.15, 0.2) is 0 Å². The van der Waals surface area contributed by atoms with Crippen LogP contribution >= 0.6 is 11.6 Å². The van der Waals surface area contributed by atoms with E-state index in [2.05, 4.69) is 41.4 Å². The SMILES string of the molecule is CC(C)C[C@@H](C)N1CCC(n2nccc2NC(=O)Nc2ccccc2Cl)CC1. The lowest BCUT2D eigenvalue weighted by Gasteiger charge is -2.37. The summed E-state index contributed by atoms with van der Waals surface area (Å²) in [5.74, 6) is 1.42. The van der Waals surface area contributed by atoms with Gasteiger partial charge in [0.1, 0.15) is 5.82 Å². The highest BCUT2D eigenvalue weighted by atomic mass is 35.5. The summed E-state index contributed by atoms with van der Waals surface area (Å²) in [7, 11) is 0. The second kappa shape index (κ2) is 9.43. The second-order valence-electron chi connectivity index (χ2n) is 7.97. The second-order valence-corrected chi connectivity index (χ2v) is 8.37. The Kier molecular flexibility index (Phi) is 6.97. The fraction of sp³-hybridized carbons (Fsp3) is 0.524. The molecule has 1 aliphatic rings. The van der Waals surface area contributed by atoms with E-state index >= 15 is 0 Å². The van der Waals surface area contributed by atoms with Crippen LogP contribution in [0.2, 0.25) is 5.02 Å². The number of aromatic nitrogens is 2. The van der Waals surface area contributed by atoms with Gasteiger partial charge in [-0.3, -0.25) is 5.32 Å². The lowest BCUT2D eigenvalue weighted by molar-refractivity contribution is 0.126. The van der Waals surface area contributed by atoms with Gasteiger partial charge in [0.25, 0.3) is 0 Å². The number of hydrogen-bond donors (Lipinski definition) is 2. The first-order valence-electron chi connectivity index (χ1n) is 10.0. The Morgan fingerprint density at radius 3 is 2.57 bits per heavy atom. The van der Waals surface area contributed by atoms with Gasteiger partial charge >= 0.3 is 6.03 Å². The van der Waals surface area contributed by atoms with Gasteiger partial charge in [-0.05, 0) is 44.2 Å². The molecule has 1 saturated heterocycles. The first-order chi connectivity index (χ1) is 13.4. The van der Waals surface area contributed by atoms with Crippen molar-refractivity contribution in [3.05, 3.63) is 41.6 Å². The van der Waals surface area contributed by atoms with Crippen molar-refractivity contribution in [2.24, 2.45) is 5.92 Å². The predicted octanol–water partition coefficient (Wildman–Crippen LogP) is 5.25. The molecular formula is C21H30ClN5O. The van der Waals surface area contributed by atoms with Crippen LogP contribution in [0.15, 0.2) is 36.5 Å². The standard InChI is InChI=1S/C21H30ClN5O/c1-15(2)14-16(3)26-12-9-17(10-13-26)27-20(8-11-23-27)25-21(28)24-19-7-5-4-6-18(19)22/h4-8,11,15-17H,9-10,12-14H2,1-3H3,(H2,24,25,28)/t16-/m1/s1. The average Bonchev–Trinajstić information content (AvgIpc) is 3.11. The maximum Gasteiger partial charge on any atom is 0.324 e. The molecule has 1 aromatic carbocycles. The van der Waals surface area contributed by atoms with E-state index in [0.717, 1.165) is 25.9 Å². The summed E-state index contributed by atoms with van der Waals surface area (Å²) < 4.78 is 1.94. The fourth-order valence-corrected chi connectivity index (χ4v) is 4.12. The fourth-order valence-electron chi connectivity index (χ4n) is 3.94. The molecule has 1 fully saturated rings. The summed E-state index contributed by atoms with van der Waals surface area (Å²) in [6.07, 6.45) is 5.02. The number of para-hydroxylation sites is 1. The number of urea groups is 1. The number of nitrogens with zero attached hydrogens (tertiary/aromatic N) is 3. The molecular weight excluding hydrogens is 374 g/mol. The Morgan fingerprint density at radius 1 is 1.18 bits per heavy atom. The first-order valence-corrected chi connectivity index (χ1v) is 10.4. The molecule has 2 heterocycles. The molecule has 0 bridgehead atoms. The van der Waals surface area contributed by atoms with E-state index in [1.165, 1.54) is 6.42 Å². The highest BCUT2D eigenvalue weighted by Gasteiger charge is 2.26. The monoisotopic (exact) mass is 403 g/mol. The molecule has 28 heavy (non-hydrogen) atoms. The van der Waals surface area contributed by atoms with Gasteiger partial charge in [-0.25, -0.2) is 9.48 Å². The highest BCUT2D eigenvalue weighted by Crippen LogP contribution is 2.28. The summed E-state index contributed by atoms with van der Waals surface area (Å²) >= 11 is 6.11. The number of nitrogens with one attached hydrogen (secondary N) is 2. The lowest BCUT2D eigenvalue weighted by atomic mass is 9.99. The van der Waals surface area contributed by atoms with E-state index in [9.17, 15) is 4.79 Å². The van der Waals surface area contributed by atoms with Crippen LogP contribution in [-0.2, 0) is 0 Å². The Hall–Kier alpha value is -2.05. The van der Waals surface area contributed by atoms with Crippen LogP contribution in [0.5, 0.6) is 0 Å². The van der Waals surface area contributed by atoms with E-state index in [0.29, 0.717) is 34.5 Å². The van der Waals surface area contributed by atoms with Crippen molar-refractivity contribution in [3.8, 4) is 0 Å². The van der Waals surface area contributed by atoms with Crippen LogP contribution in [-0.4, -0.2) is 39.8 Å². The molecule has 1 atom stereocenters. The molecule has 1 aliphatic heterocycles.